The first-order chi connectivity index (χ1) is 37.4. The number of methoxy groups -OCH3 is 2. The van der Waals surface area contributed by atoms with Gasteiger partial charge < -0.3 is 34.6 Å². The Morgan fingerprint density at radius 1 is 0.610 bits per heavy atom. The minimum atomic E-state index is -0.762. The molecule has 0 bridgehead atoms. The van der Waals surface area contributed by atoms with Crippen molar-refractivity contribution in [3.8, 4) is 22.8 Å². The number of aromatic nitrogens is 6. The number of ether oxygens (including phenoxy) is 2. The van der Waals surface area contributed by atoms with Gasteiger partial charge in [-0.25, -0.2) is 24.7 Å². The first-order valence-corrected chi connectivity index (χ1v) is 28.4. The van der Waals surface area contributed by atoms with Gasteiger partial charge in [0, 0.05) is 135 Å². The average Bonchev–Trinajstić information content (AvgIpc) is 4.24. The van der Waals surface area contributed by atoms with Crippen molar-refractivity contribution in [1.82, 2.24) is 49.9 Å². The van der Waals surface area contributed by atoms with E-state index in [-0.39, 0.29) is 5.97 Å². The molecule has 0 saturated carbocycles. The van der Waals surface area contributed by atoms with Gasteiger partial charge in [-0.15, -0.1) is 11.6 Å². The third-order valence-corrected chi connectivity index (χ3v) is 16.6. The zero-order valence-electron chi connectivity index (χ0n) is 44.1. The van der Waals surface area contributed by atoms with Crippen LogP contribution < -0.4 is 15.1 Å². The number of hydrogen-bond acceptors (Lipinski definition) is 14. The van der Waals surface area contributed by atoms with Crippen molar-refractivity contribution in [2.45, 2.75) is 88.0 Å². The predicted octanol–water partition coefficient (Wildman–Crippen LogP) is 10.6. The highest BCUT2D eigenvalue weighted by Gasteiger charge is 2.38. The number of imidazole rings is 2. The number of esters is 2. The average molecular weight is 1150 g/mol. The summed E-state index contributed by atoms with van der Waals surface area (Å²) in [6.07, 6.45) is 17.5. The summed E-state index contributed by atoms with van der Waals surface area (Å²) in [6.45, 7) is 14.3. The van der Waals surface area contributed by atoms with Gasteiger partial charge >= 0.3 is 11.9 Å². The smallest absolute Gasteiger partial charge is 0.328 e. The highest BCUT2D eigenvalue weighted by Crippen LogP contribution is 2.35. The third-order valence-electron chi connectivity index (χ3n) is 15.1. The van der Waals surface area contributed by atoms with Crippen LogP contribution in [0.4, 0.5) is 11.6 Å². The number of carbonyl (C=O) groups excluding carboxylic acids is 2. The van der Waals surface area contributed by atoms with Gasteiger partial charge in [0.05, 0.1) is 24.3 Å². The van der Waals surface area contributed by atoms with Crippen LogP contribution in [0.3, 0.4) is 0 Å². The summed E-state index contributed by atoms with van der Waals surface area (Å²) in [4.78, 5) is 60.2. The molecule has 0 amide bonds. The van der Waals surface area contributed by atoms with Gasteiger partial charge in [0.25, 0.3) is 0 Å². The van der Waals surface area contributed by atoms with Crippen LogP contribution in [0.5, 0.6) is 0 Å². The van der Waals surface area contributed by atoms with Crippen LogP contribution in [-0.2, 0) is 19.1 Å². The Morgan fingerprint density at radius 3 is 1.48 bits per heavy atom. The number of nitrogens with one attached hydrogen (secondary N) is 3. The molecule has 8 heterocycles. The second-order valence-corrected chi connectivity index (χ2v) is 21.7. The number of likely N-dealkylation sites (tertiary alicyclic amines) is 1. The standard InChI is InChI=1S/C28H34Cl2N6O2.C19H27ClN6.C9H8Cl2O2/c1-3-22-18-35(27-24(30)16-20(17-33-27)26-31-10-11-32-26)14-15-36(22)23-8-12-34(13-9-23)25(28(37)38-2)19-4-6-21(29)7-5-19;1-2-15-13-25(9-10-26(15)16-3-5-21-6-4-16)19-17(20)11-14(12-24-19)18-22-7-8-23-18;1-13-9(12)8(11)6-2-4-7(10)5-3-6/h4-7,10-11,16-17,22-23,25H,3,8-9,12-15,18H2,1-2H3,(H,31,32);7-8,11-12,15-16,21H,2-6,9-10,13H2,1H3,(H,22,23);2-5,8H,1H3/t22-,25?;15-;/m00./s1. The summed E-state index contributed by atoms with van der Waals surface area (Å²) in [5.41, 5.74) is 3.40. The van der Waals surface area contributed by atoms with Crippen molar-refractivity contribution in [3.63, 3.8) is 0 Å². The van der Waals surface area contributed by atoms with Crippen LogP contribution in [0.2, 0.25) is 20.1 Å². The Hall–Kier alpha value is -5.01. The number of rotatable bonds is 13. The zero-order valence-corrected chi connectivity index (χ0v) is 47.8. The second-order valence-electron chi connectivity index (χ2n) is 19.6. The molecule has 6 aromatic rings. The van der Waals surface area contributed by atoms with Crippen molar-refractivity contribution >= 4 is 81.6 Å². The van der Waals surface area contributed by atoms with Crippen LogP contribution in [0, 0.1) is 0 Å². The van der Waals surface area contributed by atoms with Gasteiger partial charge in [-0.2, -0.15) is 0 Å². The number of piperidine rings is 2. The maximum absolute atomic E-state index is 12.7. The number of pyridine rings is 2. The van der Waals surface area contributed by atoms with E-state index in [1.165, 1.54) is 27.1 Å². The van der Waals surface area contributed by atoms with Gasteiger partial charge in [-0.1, -0.05) is 84.5 Å². The van der Waals surface area contributed by atoms with Crippen molar-refractivity contribution in [3.05, 3.63) is 129 Å². The molecule has 21 heteroatoms. The Kier molecular flexibility index (Phi) is 21.3. The molecule has 0 spiro atoms. The summed E-state index contributed by atoms with van der Waals surface area (Å²) < 4.78 is 9.66. The maximum Gasteiger partial charge on any atom is 0.328 e. The number of alkyl halides is 1. The minimum absolute atomic E-state index is 0.228. The lowest BCUT2D eigenvalue weighted by molar-refractivity contribution is -0.148. The molecule has 3 N–H and O–H groups in total. The molecule has 4 saturated heterocycles. The number of H-pyrrole nitrogens is 2. The van der Waals surface area contributed by atoms with Crippen LogP contribution in [0.1, 0.15) is 74.9 Å². The highest BCUT2D eigenvalue weighted by atomic mass is 35.5. The Morgan fingerprint density at radius 2 is 1.06 bits per heavy atom. The molecule has 2 unspecified atom stereocenters. The van der Waals surface area contributed by atoms with Gasteiger partial charge in [0.1, 0.15) is 29.3 Å². The molecule has 16 nitrogen and oxygen atoms in total. The summed E-state index contributed by atoms with van der Waals surface area (Å²) in [7, 11) is 2.75. The van der Waals surface area contributed by atoms with E-state index < -0.39 is 17.4 Å². The first kappa shape index (κ1) is 58.1. The quantitative estimate of drug-likeness (QED) is 0.0739. The van der Waals surface area contributed by atoms with Gasteiger partial charge in [-0.05, 0) is 99.1 Å². The minimum Gasteiger partial charge on any atom is -0.468 e. The molecule has 4 fully saturated rings. The monoisotopic (exact) mass is 1150 g/mol. The summed E-state index contributed by atoms with van der Waals surface area (Å²) >= 11 is 30.8. The summed E-state index contributed by atoms with van der Waals surface area (Å²) in [5, 5.41) is 5.32. The van der Waals surface area contributed by atoms with E-state index in [9.17, 15) is 9.59 Å². The van der Waals surface area contributed by atoms with E-state index in [1.54, 1.807) is 42.9 Å². The number of anilines is 2. The molecule has 4 aliphatic heterocycles. The summed E-state index contributed by atoms with van der Waals surface area (Å²) in [5.74, 6) is 2.59. The Balaban J connectivity index is 0.000000173. The van der Waals surface area contributed by atoms with Gasteiger partial charge in [0.15, 0.2) is 5.38 Å². The normalized spacial score (nSPS) is 19.8. The predicted molar refractivity (Wildman–Crippen MR) is 308 cm³/mol. The van der Waals surface area contributed by atoms with Gasteiger partial charge in [-0.3, -0.25) is 19.5 Å². The van der Waals surface area contributed by atoms with E-state index in [1.807, 2.05) is 55.0 Å². The Labute approximate surface area is 477 Å². The second kappa shape index (κ2) is 28.2. The Bertz CT molecular complexity index is 2780. The van der Waals surface area contributed by atoms with Crippen molar-refractivity contribution in [2.75, 3.05) is 89.5 Å². The number of aromatic amines is 2. The molecule has 0 radical (unpaired) electrons. The number of piperazine rings is 2. The molecule has 4 aliphatic rings. The number of nitrogens with zero attached hydrogens (tertiary/aromatic N) is 9. The molecule has 4 atom stereocenters. The SMILES string of the molecule is CC[C@H]1CN(c2ncc(-c3ncc[nH]3)cc2Cl)CCN1C1CCN(C(C(=O)OC)c2ccc(Cl)cc2)CC1.CC[C@H]1CN(c2ncc(-c3ncc[nH]3)cc2Cl)CCN1C1CCNCC1.COC(=O)C(Cl)c1ccc(Cl)cc1. The lowest BCUT2D eigenvalue weighted by Crippen LogP contribution is -2.58. The number of halogens is 5. The first-order valence-electron chi connectivity index (χ1n) is 26.5. The number of carbonyl (C=O) groups is 2. The fourth-order valence-corrected chi connectivity index (χ4v) is 12.0. The highest BCUT2D eigenvalue weighted by molar-refractivity contribution is 6.34. The number of benzene rings is 2. The van der Waals surface area contributed by atoms with Crippen LogP contribution in [-0.4, -0.2) is 160 Å². The number of hydrogen-bond donors (Lipinski definition) is 3. The van der Waals surface area contributed by atoms with Crippen LogP contribution in [0.25, 0.3) is 22.8 Å². The maximum atomic E-state index is 12.7. The van der Waals surface area contributed by atoms with Crippen molar-refractivity contribution < 1.29 is 19.1 Å². The van der Waals surface area contributed by atoms with E-state index in [0.717, 1.165) is 131 Å². The third kappa shape index (κ3) is 14.8. The fourth-order valence-electron chi connectivity index (χ4n) is 11.0. The topological polar surface area (TPSA) is 164 Å². The van der Waals surface area contributed by atoms with Crippen molar-refractivity contribution in [1.29, 1.82) is 0 Å². The molecule has 0 aliphatic carbocycles. The largest absolute Gasteiger partial charge is 0.468 e. The zero-order chi connectivity index (χ0) is 54.4. The molecule has 77 heavy (non-hydrogen) atoms. The molecular weight excluding hydrogens is 1080 g/mol. The molecule has 412 valence electrons. The van der Waals surface area contributed by atoms with Gasteiger partial charge in [0.2, 0.25) is 0 Å². The fraction of sp³-hybridized carbons (Fsp3) is 0.464. The molecular formula is C56H69Cl5N12O4. The molecule has 10 rings (SSSR count). The summed E-state index contributed by atoms with van der Waals surface area (Å²) in [6, 6.07) is 19.9. The lowest BCUT2D eigenvalue weighted by Gasteiger charge is -2.48. The molecule has 4 aromatic heterocycles. The van der Waals surface area contributed by atoms with E-state index >= 15 is 0 Å². The molecule has 2 aromatic carbocycles. The van der Waals surface area contributed by atoms with Crippen LogP contribution >= 0.6 is 58.0 Å². The van der Waals surface area contributed by atoms with E-state index in [4.69, 9.17) is 67.7 Å². The van der Waals surface area contributed by atoms with E-state index in [2.05, 4.69) is 73.3 Å². The lowest BCUT2D eigenvalue weighted by atomic mass is 9.95. The van der Waals surface area contributed by atoms with E-state index in [0.29, 0.717) is 49.8 Å². The van der Waals surface area contributed by atoms with Crippen LogP contribution in [0.15, 0.2) is 97.8 Å². The van der Waals surface area contributed by atoms with Crippen molar-refractivity contribution in [2.24, 2.45) is 0 Å².